The van der Waals surface area contributed by atoms with Gasteiger partial charge < -0.3 is 4.42 Å². The van der Waals surface area contributed by atoms with Crippen molar-refractivity contribution >= 4 is 121 Å². The van der Waals surface area contributed by atoms with Gasteiger partial charge in [-0.3, -0.25) is 4.57 Å². The van der Waals surface area contributed by atoms with Gasteiger partial charge in [0.15, 0.2) is 11.6 Å². The Morgan fingerprint density at radius 1 is 0.415 bits per heavy atom. The van der Waals surface area contributed by atoms with Crippen LogP contribution < -0.4 is 27.3 Å². The summed E-state index contributed by atoms with van der Waals surface area (Å²) in [7, 11) is 10.9. The number of aromatic nitrogens is 4. The molecule has 244 valence electrons. The van der Waals surface area contributed by atoms with Gasteiger partial charge in [0, 0.05) is 32.7 Å². The summed E-state index contributed by atoms with van der Waals surface area (Å²) in [4.78, 5) is 15.7. The summed E-state index contributed by atoms with van der Waals surface area (Å²) in [5, 5.41) is 6.92. The lowest BCUT2D eigenvalue weighted by molar-refractivity contribution is 0.669. The van der Waals surface area contributed by atoms with E-state index in [-0.39, 0.29) is 0 Å². The zero-order chi connectivity index (χ0) is 36.0. The standard InChI is InChI=1S/C43H31B5N4O/c44-36-35(37(45)39(47)40(48)38(36)46)42-49-41(50-43(51-42)52-31-11-5-3-9-27(31)28-10-4-6-12-32(28)52)26-15-17-29-30-20-25(16-18-33(30)53-34(29)21-26)24-14-13-22-7-1-2-8-23(22)19-24/h1-21H,44-48H2. The molecule has 0 aliphatic rings. The summed E-state index contributed by atoms with van der Waals surface area (Å²) < 4.78 is 8.69. The van der Waals surface area contributed by atoms with E-state index >= 15 is 0 Å². The van der Waals surface area contributed by atoms with E-state index in [1.807, 2.05) is 0 Å². The lowest BCUT2D eigenvalue weighted by Gasteiger charge is -2.20. The van der Waals surface area contributed by atoms with E-state index in [4.69, 9.17) is 19.4 Å². The van der Waals surface area contributed by atoms with Gasteiger partial charge in [0.25, 0.3) is 0 Å². The van der Waals surface area contributed by atoms with Crippen molar-refractivity contribution in [3.63, 3.8) is 0 Å². The molecule has 10 heteroatoms. The minimum atomic E-state index is 0.585. The zero-order valence-corrected chi connectivity index (χ0v) is 30.3. The smallest absolute Gasteiger partial charge is 0.238 e. The highest BCUT2D eigenvalue weighted by molar-refractivity contribution is 6.68. The SMILES string of the molecule is Bc1c(B)c(B)c(-c2nc(-c3ccc4c(c3)oc3ccc(-c5ccc6ccccc6c5)cc34)nc(-n3c4ccccc4c4ccccc43)n2)c(B)c1B. The fourth-order valence-electron chi connectivity index (χ4n) is 8.14. The minimum Gasteiger partial charge on any atom is -0.456 e. The molecule has 10 aromatic rings. The number of furan rings is 1. The maximum Gasteiger partial charge on any atom is 0.238 e. The van der Waals surface area contributed by atoms with Crippen LogP contribution in [0, 0.1) is 0 Å². The highest BCUT2D eigenvalue weighted by atomic mass is 16.3. The lowest BCUT2D eigenvalue weighted by atomic mass is 9.60. The summed E-state index contributed by atoms with van der Waals surface area (Å²) in [6, 6.07) is 44.8. The Labute approximate surface area is 311 Å². The maximum absolute atomic E-state index is 6.51. The first kappa shape index (κ1) is 31.5. The molecule has 0 spiro atoms. The van der Waals surface area contributed by atoms with Crippen LogP contribution in [0.5, 0.6) is 0 Å². The average Bonchev–Trinajstić information content (AvgIpc) is 3.74. The molecule has 0 amide bonds. The molecule has 0 fully saturated rings. The Kier molecular flexibility index (Phi) is 7.06. The number of hydrogen-bond acceptors (Lipinski definition) is 4. The molecular weight excluding hydrogens is 643 g/mol. The first-order chi connectivity index (χ1) is 25.8. The quantitative estimate of drug-likeness (QED) is 0.270. The molecule has 0 aliphatic heterocycles. The Hall–Kier alpha value is -6.27. The van der Waals surface area contributed by atoms with Crippen molar-refractivity contribution in [3.05, 3.63) is 127 Å². The normalized spacial score (nSPS) is 11.8. The van der Waals surface area contributed by atoms with Crippen molar-refractivity contribution in [2.24, 2.45) is 0 Å². The van der Waals surface area contributed by atoms with Crippen LogP contribution in [0.4, 0.5) is 0 Å². The number of benzene rings is 7. The predicted octanol–water partition coefficient (Wildman–Crippen LogP) is 2.31. The molecule has 0 N–H and O–H groups in total. The molecule has 3 aromatic heterocycles. The predicted molar refractivity (Wildman–Crippen MR) is 236 cm³/mol. The van der Waals surface area contributed by atoms with Crippen LogP contribution in [-0.2, 0) is 0 Å². The Bertz CT molecular complexity index is 3070. The highest BCUT2D eigenvalue weighted by Crippen LogP contribution is 2.36. The maximum atomic E-state index is 6.51. The Morgan fingerprint density at radius 2 is 1.00 bits per heavy atom. The Morgan fingerprint density at radius 3 is 1.74 bits per heavy atom. The molecule has 0 bridgehead atoms. The largest absolute Gasteiger partial charge is 0.456 e. The fraction of sp³-hybridized carbons (Fsp3) is 0. The van der Waals surface area contributed by atoms with E-state index < -0.39 is 0 Å². The number of hydrogen-bond donors (Lipinski definition) is 0. The van der Waals surface area contributed by atoms with E-state index in [0.29, 0.717) is 17.6 Å². The van der Waals surface area contributed by atoms with Crippen molar-refractivity contribution in [1.29, 1.82) is 0 Å². The van der Waals surface area contributed by atoms with Gasteiger partial charge in [-0.2, -0.15) is 9.97 Å². The molecule has 53 heavy (non-hydrogen) atoms. The fourth-order valence-corrected chi connectivity index (χ4v) is 8.14. The summed E-state index contributed by atoms with van der Waals surface area (Å²) in [6.45, 7) is 0. The second kappa shape index (κ2) is 11.9. The number of para-hydroxylation sites is 2. The van der Waals surface area contributed by atoms with Gasteiger partial charge in [0.1, 0.15) is 50.4 Å². The van der Waals surface area contributed by atoms with Crippen molar-refractivity contribution in [2.45, 2.75) is 0 Å². The van der Waals surface area contributed by atoms with Crippen LogP contribution in [0.2, 0.25) is 0 Å². The van der Waals surface area contributed by atoms with Gasteiger partial charge in [-0.1, -0.05) is 95.9 Å². The highest BCUT2D eigenvalue weighted by Gasteiger charge is 2.21. The van der Waals surface area contributed by atoms with E-state index in [1.54, 1.807) is 0 Å². The third kappa shape index (κ3) is 4.89. The van der Waals surface area contributed by atoms with Crippen LogP contribution >= 0.6 is 0 Å². The Balaban J connectivity index is 1.18. The molecule has 0 atom stereocenters. The van der Waals surface area contributed by atoms with Crippen LogP contribution in [0.1, 0.15) is 0 Å². The van der Waals surface area contributed by atoms with Gasteiger partial charge in [-0.15, -0.1) is 16.4 Å². The first-order valence-electron chi connectivity index (χ1n) is 18.1. The summed E-state index contributed by atoms with van der Waals surface area (Å²) in [6.07, 6.45) is 0. The number of nitrogens with zero attached hydrogens (tertiary/aromatic N) is 4. The molecule has 0 saturated carbocycles. The molecule has 5 nitrogen and oxygen atoms in total. The van der Waals surface area contributed by atoms with Gasteiger partial charge in [-0.25, -0.2) is 4.98 Å². The first-order valence-corrected chi connectivity index (χ1v) is 18.1. The second-order valence-corrected chi connectivity index (χ2v) is 14.2. The third-order valence-corrected chi connectivity index (χ3v) is 11.4. The van der Waals surface area contributed by atoms with Crippen LogP contribution in [0.3, 0.4) is 0 Å². The van der Waals surface area contributed by atoms with Gasteiger partial charge in [0.2, 0.25) is 5.95 Å². The zero-order valence-electron chi connectivity index (χ0n) is 30.3. The van der Waals surface area contributed by atoms with E-state index in [2.05, 4.69) is 171 Å². The number of rotatable bonds is 4. The van der Waals surface area contributed by atoms with Crippen molar-refractivity contribution in [1.82, 2.24) is 19.5 Å². The van der Waals surface area contributed by atoms with Crippen LogP contribution in [0.25, 0.3) is 94.4 Å². The average molecular weight is 674 g/mol. The van der Waals surface area contributed by atoms with Crippen molar-refractivity contribution < 1.29 is 4.42 Å². The monoisotopic (exact) mass is 674 g/mol. The molecule has 0 aliphatic carbocycles. The van der Waals surface area contributed by atoms with Crippen LogP contribution in [0.15, 0.2) is 132 Å². The topological polar surface area (TPSA) is 56.7 Å². The van der Waals surface area contributed by atoms with Gasteiger partial charge in [0.05, 0.1) is 11.0 Å². The molecular formula is C43H31B5N4O. The van der Waals surface area contributed by atoms with E-state index in [9.17, 15) is 0 Å². The molecule has 0 unspecified atom stereocenters. The molecule has 10 rings (SSSR count). The second-order valence-electron chi connectivity index (χ2n) is 14.2. The van der Waals surface area contributed by atoms with Crippen LogP contribution in [-0.4, -0.2) is 58.8 Å². The van der Waals surface area contributed by atoms with Crippen molar-refractivity contribution in [3.8, 4) is 39.9 Å². The molecule has 0 radical (unpaired) electrons. The van der Waals surface area contributed by atoms with E-state index in [1.165, 1.54) is 43.6 Å². The minimum absolute atomic E-state index is 0.585. The molecule has 7 aromatic carbocycles. The summed E-state index contributed by atoms with van der Waals surface area (Å²) >= 11 is 0. The van der Waals surface area contributed by atoms with Crippen molar-refractivity contribution in [2.75, 3.05) is 0 Å². The number of fused-ring (bicyclic) bond motifs is 7. The van der Waals surface area contributed by atoms with Gasteiger partial charge >= 0.3 is 0 Å². The summed E-state index contributed by atoms with van der Waals surface area (Å²) in [5.41, 5.74) is 14.2. The van der Waals surface area contributed by atoms with Gasteiger partial charge in [-0.05, 0) is 64.4 Å². The van der Waals surface area contributed by atoms with E-state index in [0.717, 1.165) is 60.4 Å². The summed E-state index contributed by atoms with van der Waals surface area (Å²) in [5.74, 6) is 1.85. The molecule has 0 saturated heterocycles. The molecule has 3 heterocycles. The third-order valence-electron chi connectivity index (χ3n) is 11.4. The lowest BCUT2D eigenvalue weighted by Crippen LogP contribution is -2.55.